The van der Waals surface area contributed by atoms with Crippen LogP contribution in [-0.4, -0.2) is 17.7 Å². The van der Waals surface area contributed by atoms with E-state index in [0.29, 0.717) is 23.1 Å². The minimum atomic E-state index is -0.332. The monoisotopic (exact) mass is 372 g/mol. The molecule has 1 saturated carbocycles. The molecule has 28 heavy (non-hydrogen) atoms. The van der Waals surface area contributed by atoms with Gasteiger partial charge in [0, 0.05) is 18.1 Å². The van der Waals surface area contributed by atoms with Crippen LogP contribution in [0.15, 0.2) is 53.5 Å². The van der Waals surface area contributed by atoms with Gasteiger partial charge in [-0.2, -0.15) is 5.26 Å². The second-order valence-corrected chi connectivity index (χ2v) is 7.72. The SMILES string of the molecule is CC(C#N)/N=C1/Cc2ccc(OC(=O)c3ccccc3)cc2C2CCCC[C@@H]12. The highest BCUT2D eigenvalue weighted by Gasteiger charge is 2.36. The Morgan fingerprint density at radius 3 is 2.64 bits per heavy atom. The molecular weight excluding hydrogens is 348 g/mol. The van der Waals surface area contributed by atoms with Crippen molar-refractivity contribution in [3.63, 3.8) is 0 Å². The Kier molecular flexibility index (Phi) is 5.25. The zero-order valence-electron chi connectivity index (χ0n) is 16.1. The topological polar surface area (TPSA) is 62.4 Å². The van der Waals surface area contributed by atoms with Crippen molar-refractivity contribution in [1.82, 2.24) is 0 Å². The van der Waals surface area contributed by atoms with Crippen LogP contribution in [0.2, 0.25) is 0 Å². The van der Waals surface area contributed by atoms with Gasteiger partial charge in [-0.15, -0.1) is 0 Å². The van der Waals surface area contributed by atoms with E-state index < -0.39 is 0 Å². The lowest BCUT2D eigenvalue weighted by molar-refractivity contribution is 0.0734. The van der Waals surface area contributed by atoms with Gasteiger partial charge in [0.2, 0.25) is 0 Å². The summed E-state index contributed by atoms with van der Waals surface area (Å²) < 4.78 is 5.64. The quantitative estimate of drug-likeness (QED) is 0.557. The summed E-state index contributed by atoms with van der Waals surface area (Å²) in [6.07, 6.45) is 5.44. The molecule has 0 bridgehead atoms. The summed E-state index contributed by atoms with van der Waals surface area (Å²) in [7, 11) is 0. The fourth-order valence-corrected chi connectivity index (χ4v) is 4.53. The molecule has 2 aromatic carbocycles. The Labute approximate surface area is 165 Å². The fraction of sp³-hybridized carbons (Fsp3) is 0.375. The van der Waals surface area contributed by atoms with Gasteiger partial charge < -0.3 is 4.74 Å². The van der Waals surface area contributed by atoms with E-state index in [9.17, 15) is 4.79 Å². The summed E-state index contributed by atoms with van der Waals surface area (Å²) in [6, 6.07) is 17.0. The highest BCUT2D eigenvalue weighted by molar-refractivity contribution is 5.93. The summed E-state index contributed by atoms with van der Waals surface area (Å²) in [5.74, 6) is 1.07. The van der Waals surface area contributed by atoms with Crippen molar-refractivity contribution in [2.45, 2.75) is 51.0 Å². The van der Waals surface area contributed by atoms with Crippen LogP contribution >= 0.6 is 0 Å². The number of nitrogens with zero attached hydrogens (tertiary/aromatic N) is 2. The molecule has 0 heterocycles. The number of nitriles is 1. The van der Waals surface area contributed by atoms with Crippen LogP contribution in [0, 0.1) is 17.2 Å². The average molecular weight is 372 g/mol. The fourth-order valence-electron chi connectivity index (χ4n) is 4.53. The predicted molar refractivity (Wildman–Crippen MR) is 109 cm³/mol. The maximum absolute atomic E-state index is 12.4. The van der Waals surface area contributed by atoms with E-state index in [4.69, 9.17) is 15.0 Å². The molecule has 0 amide bonds. The van der Waals surface area contributed by atoms with Crippen LogP contribution in [0.1, 0.15) is 60.0 Å². The van der Waals surface area contributed by atoms with Gasteiger partial charge in [-0.05, 0) is 61.1 Å². The third-order valence-electron chi connectivity index (χ3n) is 5.85. The number of benzene rings is 2. The third kappa shape index (κ3) is 3.71. The molecule has 4 heteroatoms. The molecule has 0 aliphatic heterocycles. The zero-order valence-corrected chi connectivity index (χ0v) is 16.1. The van der Waals surface area contributed by atoms with Crippen LogP contribution in [-0.2, 0) is 6.42 Å². The summed E-state index contributed by atoms with van der Waals surface area (Å²) in [4.78, 5) is 17.1. The van der Waals surface area contributed by atoms with Crippen molar-refractivity contribution in [3.8, 4) is 11.8 Å². The molecular formula is C24H24N2O2. The molecule has 4 rings (SSSR count). The lowest BCUT2D eigenvalue weighted by Crippen LogP contribution is -2.33. The zero-order chi connectivity index (χ0) is 19.5. The van der Waals surface area contributed by atoms with E-state index in [1.54, 1.807) is 12.1 Å². The molecule has 2 aliphatic carbocycles. The number of esters is 1. The lowest BCUT2D eigenvalue weighted by atomic mass is 9.67. The largest absolute Gasteiger partial charge is 0.423 e. The standard InChI is InChI=1S/C24H24N2O2/c1-16(15-25)26-23-13-18-11-12-19(28-24(27)17-7-3-2-4-8-17)14-22(18)20-9-5-6-10-21(20)23/h2-4,7-8,11-12,14,16,20-21H,5-6,9-10,13H2,1H3/b26-23-/t16?,20?,21-/m1/s1. The first kappa shape index (κ1) is 18.4. The molecule has 0 spiro atoms. The van der Waals surface area contributed by atoms with Gasteiger partial charge in [0.05, 0.1) is 11.6 Å². The number of hydrogen-bond donors (Lipinski definition) is 0. The third-order valence-corrected chi connectivity index (χ3v) is 5.85. The number of ether oxygens (including phenoxy) is 1. The predicted octanol–water partition coefficient (Wildman–Crippen LogP) is 5.09. The van der Waals surface area contributed by atoms with Crippen LogP contribution in [0.5, 0.6) is 5.75 Å². The van der Waals surface area contributed by atoms with E-state index in [0.717, 1.165) is 19.3 Å². The Hall–Kier alpha value is -2.93. The number of carbonyl (C=O) groups excluding carboxylic acids is 1. The van der Waals surface area contributed by atoms with E-state index in [-0.39, 0.29) is 12.0 Å². The smallest absolute Gasteiger partial charge is 0.343 e. The number of aliphatic imine (C=N–C) groups is 1. The first-order valence-corrected chi connectivity index (χ1v) is 10.0. The Morgan fingerprint density at radius 1 is 1.14 bits per heavy atom. The first-order chi connectivity index (χ1) is 13.7. The molecule has 4 nitrogen and oxygen atoms in total. The Bertz CT molecular complexity index is 943. The number of fused-ring (bicyclic) bond motifs is 3. The van der Waals surface area contributed by atoms with Crippen molar-refractivity contribution < 1.29 is 9.53 Å². The van der Waals surface area contributed by atoms with Crippen LogP contribution in [0.3, 0.4) is 0 Å². The van der Waals surface area contributed by atoms with E-state index in [1.807, 2.05) is 37.3 Å². The summed E-state index contributed by atoms with van der Waals surface area (Å²) in [5, 5.41) is 9.17. The van der Waals surface area contributed by atoms with Crippen molar-refractivity contribution in [2.24, 2.45) is 10.9 Å². The number of hydrogen-bond acceptors (Lipinski definition) is 4. The van der Waals surface area contributed by atoms with Crippen molar-refractivity contribution in [2.75, 3.05) is 0 Å². The van der Waals surface area contributed by atoms with Gasteiger partial charge in [0.25, 0.3) is 0 Å². The highest BCUT2D eigenvalue weighted by Crippen LogP contribution is 2.45. The van der Waals surface area contributed by atoms with Crippen LogP contribution in [0.25, 0.3) is 0 Å². The summed E-state index contributed by atoms with van der Waals surface area (Å²) >= 11 is 0. The van der Waals surface area contributed by atoms with Gasteiger partial charge in [-0.25, -0.2) is 4.79 Å². The van der Waals surface area contributed by atoms with Crippen molar-refractivity contribution in [3.05, 3.63) is 65.2 Å². The molecule has 3 atom stereocenters. The Morgan fingerprint density at radius 2 is 1.89 bits per heavy atom. The normalized spacial score (nSPS) is 23.2. The maximum atomic E-state index is 12.4. The van der Waals surface area contributed by atoms with Crippen molar-refractivity contribution in [1.29, 1.82) is 5.26 Å². The highest BCUT2D eigenvalue weighted by atomic mass is 16.5. The number of rotatable bonds is 3. The minimum absolute atomic E-state index is 0.301. The average Bonchev–Trinajstić information content (AvgIpc) is 2.74. The molecule has 0 N–H and O–H groups in total. The van der Waals surface area contributed by atoms with Crippen molar-refractivity contribution >= 4 is 11.7 Å². The summed E-state index contributed by atoms with van der Waals surface area (Å²) in [5.41, 5.74) is 4.24. The lowest BCUT2D eigenvalue weighted by Gasteiger charge is -2.38. The van der Waals surface area contributed by atoms with E-state index >= 15 is 0 Å². The minimum Gasteiger partial charge on any atom is -0.423 e. The summed E-state index contributed by atoms with van der Waals surface area (Å²) in [6.45, 7) is 1.85. The van der Waals surface area contributed by atoms with E-state index in [1.165, 1.54) is 29.7 Å². The van der Waals surface area contributed by atoms with Gasteiger partial charge in [0.1, 0.15) is 11.8 Å². The van der Waals surface area contributed by atoms with Gasteiger partial charge in [0.15, 0.2) is 0 Å². The first-order valence-electron chi connectivity index (χ1n) is 10.0. The van der Waals surface area contributed by atoms with Gasteiger partial charge in [-0.1, -0.05) is 37.1 Å². The molecule has 142 valence electrons. The van der Waals surface area contributed by atoms with Crippen LogP contribution < -0.4 is 4.74 Å². The molecule has 2 aliphatic rings. The second kappa shape index (κ2) is 7.98. The van der Waals surface area contributed by atoms with Gasteiger partial charge in [-0.3, -0.25) is 4.99 Å². The molecule has 0 aromatic heterocycles. The maximum Gasteiger partial charge on any atom is 0.343 e. The second-order valence-electron chi connectivity index (χ2n) is 7.72. The molecule has 2 aromatic rings. The Balaban J connectivity index is 1.63. The van der Waals surface area contributed by atoms with Gasteiger partial charge >= 0.3 is 5.97 Å². The molecule has 1 fully saturated rings. The number of carbonyl (C=O) groups is 1. The molecule has 2 unspecified atom stereocenters. The molecule has 0 radical (unpaired) electrons. The van der Waals surface area contributed by atoms with E-state index in [2.05, 4.69) is 12.1 Å². The molecule has 0 saturated heterocycles. The van der Waals surface area contributed by atoms with Crippen LogP contribution in [0.4, 0.5) is 0 Å².